The van der Waals surface area contributed by atoms with Gasteiger partial charge in [0.05, 0.1) is 6.20 Å². The number of benzene rings is 2. The molecule has 0 fully saturated rings. The Morgan fingerprint density at radius 3 is 2.37 bits per heavy atom. The fourth-order valence-corrected chi connectivity index (χ4v) is 2.73. The van der Waals surface area contributed by atoms with Gasteiger partial charge in [-0.05, 0) is 37.4 Å². The van der Waals surface area contributed by atoms with E-state index < -0.39 is 0 Å². The van der Waals surface area contributed by atoms with Crippen molar-refractivity contribution >= 4 is 11.7 Å². The number of carbonyl (C=O) groups excluding carboxylic acids is 1. The minimum absolute atomic E-state index is 0.100. The molecular weight excluding hydrogens is 338 g/mol. The molecular formula is C21H25N5O. The number of hydrogen-bond acceptors (Lipinski definition) is 3. The van der Waals surface area contributed by atoms with Gasteiger partial charge in [-0.2, -0.15) is 5.10 Å². The molecule has 0 bridgehead atoms. The minimum atomic E-state index is -0.100. The maximum atomic E-state index is 12.8. The largest absolute Gasteiger partial charge is 0.322 e. The second kappa shape index (κ2) is 9.00. The van der Waals surface area contributed by atoms with E-state index in [-0.39, 0.29) is 6.03 Å². The Kier molecular flexibility index (Phi) is 6.22. The summed E-state index contributed by atoms with van der Waals surface area (Å²) < 4.78 is 0. The molecule has 0 spiro atoms. The highest BCUT2D eigenvalue weighted by Gasteiger charge is 2.14. The molecule has 3 rings (SSSR count). The lowest BCUT2D eigenvalue weighted by atomic mass is 10.1. The highest BCUT2D eigenvalue weighted by Crippen LogP contribution is 2.20. The van der Waals surface area contributed by atoms with Gasteiger partial charge in [-0.3, -0.25) is 5.10 Å². The molecule has 0 aliphatic heterocycles. The zero-order valence-electron chi connectivity index (χ0n) is 15.7. The first kappa shape index (κ1) is 18.7. The topological polar surface area (TPSA) is 64.3 Å². The zero-order chi connectivity index (χ0) is 19.1. The van der Waals surface area contributed by atoms with Gasteiger partial charge in [-0.25, -0.2) is 4.79 Å². The number of likely N-dealkylation sites (N-methyl/N-ethyl adjacent to an activating group) is 1. The van der Waals surface area contributed by atoms with Crippen molar-refractivity contribution < 1.29 is 4.79 Å². The van der Waals surface area contributed by atoms with Crippen LogP contribution in [0.2, 0.25) is 0 Å². The highest BCUT2D eigenvalue weighted by atomic mass is 16.2. The van der Waals surface area contributed by atoms with E-state index >= 15 is 0 Å². The van der Waals surface area contributed by atoms with E-state index in [4.69, 9.17) is 0 Å². The van der Waals surface area contributed by atoms with Crippen LogP contribution in [-0.4, -0.2) is 53.2 Å². The summed E-state index contributed by atoms with van der Waals surface area (Å²) in [4.78, 5) is 16.7. The number of rotatable bonds is 7. The number of H-pyrrole nitrogens is 1. The van der Waals surface area contributed by atoms with Crippen LogP contribution in [0, 0.1) is 0 Å². The Morgan fingerprint density at radius 2 is 1.74 bits per heavy atom. The molecule has 27 heavy (non-hydrogen) atoms. The van der Waals surface area contributed by atoms with E-state index in [2.05, 4.69) is 20.4 Å². The van der Waals surface area contributed by atoms with E-state index in [1.54, 1.807) is 6.20 Å². The molecule has 2 N–H and O–H groups in total. The van der Waals surface area contributed by atoms with Crippen molar-refractivity contribution in [3.8, 4) is 11.1 Å². The van der Waals surface area contributed by atoms with E-state index in [1.165, 1.54) is 0 Å². The van der Waals surface area contributed by atoms with Crippen molar-refractivity contribution in [2.45, 2.75) is 6.54 Å². The van der Waals surface area contributed by atoms with Gasteiger partial charge >= 0.3 is 6.03 Å². The van der Waals surface area contributed by atoms with Crippen molar-refractivity contribution in [2.75, 3.05) is 32.5 Å². The summed E-state index contributed by atoms with van der Waals surface area (Å²) in [6.45, 7) is 2.04. The van der Waals surface area contributed by atoms with Crippen LogP contribution in [0.3, 0.4) is 0 Å². The fourth-order valence-electron chi connectivity index (χ4n) is 2.73. The third-order valence-electron chi connectivity index (χ3n) is 4.29. The number of aromatic amines is 1. The number of amides is 2. The second-order valence-electron chi connectivity index (χ2n) is 6.70. The molecule has 0 aliphatic carbocycles. The molecule has 3 aromatic rings. The number of nitrogens with one attached hydrogen (secondary N) is 2. The van der Waals surface area contributed by atoms with Crippen molar-refractivity contribution in [2.24, 2.45) is 0 Å². The van der Waals surface area contributed by atoms with Crippen molar-refractivity contribution in [3.05, 3.63) is 72.6 Å². The number of carbonyl (C=O) groups is 1. The van der Waals surface area contributed by atoms with Crippen LogP contribution in [0.1, 0.15) is 5.56 Å². The molecule has 6 heteroatoms. The maximum absolute atomic E-state index is 12.8. The monoisotopic (exact) mass is 363 g/mol. The predicted molar refractivity (Wildman–Crippen MR) is 108 cm³/mol. The molecule has 6 nitrogen and oxygen atoms in total. The van der Waals surface area contributed by atoms with Crippen LogP contribution >= 0.6 is 0 Å². The van der Waals surface area contributed by atoms with Gasteiger partial charge in [-0.1, -0.05) is 42.5 Å². The van der Waals surface area contributed by atoms with Crippen molar-refractivity contribution in [1.29, 1.82) is 0 Å². The van der Waals surface area contributed by atoms with Gasteiger partial charge in [0.25, 0.3) is 0 Å². The Hall–Kier alpha value is -3.12. The van der Waals surface area contributed by atoms with Gasteiger partial charge in [0.15, 0.2) is 0 Å². The average Bonchev–Trinajstić information content (AvgIpc) is 3.21. The number of aromatic nitrogens is 2. The van der Waals surface area contributed by atoms with Gasteiger partial charge in [0.1, 0.15) is 0 Å². The summed E-state index contributed by atoms with van der Waals surface area (Å²) in [7, 11) is 4.01. The molecule has 2 aromatic carbocycles. The third-order valence-corrected chi connectivity index (χ3v) is 4.29. The van der Waals surface area contributed by atoms with Crippen LogP contribution in [0.25, 0.3) is 11.1 Å². The molecule has 0 aliphatic rings. The molecule has 0 saturated heterocycles. The standard InChI is InChI=1S/C21H25N5O/c1-25(2)12-13-26(16-17-6-4-3-5-7-17)21(27)24-20-10-8-18(9-11-20)19-14-22-23-15-19/h3-11,14-15H,12-13,16H2,1-2H3,(H,22,23)(H,24,27). The van der Waals surface area contributed by atoms with Crippen LogP contribution in [0.4, 0.5) is 10.5 Å². The van der Waals surface area contributed by atoms with Crippen LogP contribution in [-0.2, 0) is 6.54 Å². The van der Waals surface area contributed by atoms with E-state index in [0.29, 0.717) is 13.1 Å². The first-order valence-electron chi connectivity index (χ1n) is 8.95. The summed E-state index contributed by atoms with van der Waals surface area (Å²) in [5.74, 6) is 0. The molecule has 0 atom stereocenters. The lowest BCUT2D eigenvalue weighted by molar-refractivity contribution is 0.202. The van der Waals surface area contributed by atoms with Crippen LogP contribution in [0.5, 0.6) is 0 Å². The normalized spacial score (nSPS) is 10.8. The first-order chi connectivity index (χ1) is 13.1. The first-order valence-corrected chi connectivity index (χ1v) is 8.95. The summed E-state index contributed by atoms with van der Waals surface area (Å²) in [6, 6.07) is 17.7. The average molecular weight is 363 g/mol. The summed E-state index contributed by atoms with van der Waals surface area (Å²) in [6.07, 6.45) is 3.62. The summed E-state index contributed by atoms with van der Waals surface area (Å²) in [5, 5.41) is 9.77. The predicted octanol–water partition coefficient (Wildman–Crippen LogP) is 3.67. The second-order valence-corrected chi connectivity index (χ2v) is 6.70. The smallest absolute Gasteiger partial charge is 0.319 e. The lowest BCUT2D eigenvalue weighted by Gasteiger charge is -2.25. The summed E-state index contributed by atoms with van der Waals surface area (Å²) >= 11 is 0. The Bertz CT molecular complexity index is 829. The number of urea groups is 1. The maximum Gasteiger partial charge on any atom is 0.322 e. The molecule has 1 aromatic heterocycles. The Labute approximate surface area is 159 Å². The molecule has 0 radical (unpaired) electrons. The molecule has 1 heterocycles. The van der Waals surface area contributed by atoms with Gasteiger partial charge in [0.2, 0.25) is 0 Å². The number of anilines is 1. The minimum Gasteiger partial charge on any atom is -0.319 e. The highest BCUT2D eigenvalue weighted by molar-refractivity contribution is 5.89. The summed E-state index contributed by atoms with van der Waals surface area (Å²) in [5.41, 5.74) is 3.96. The zero-order valence-corrected chi connectivity index (χ0v) is 15.7. The van der Waals surface area contributed by atoms with Crippen LogP contribution < -0.4 is 5.32 Å². The van der Waals surface area contributed by atoms with E-state index in [9.17, 15) is 4.79 Å². The quantitative estimate of drug-likeness (QED) is 0.673. The van der Waals surface area contributed by atoms with Gasteiger partial charge < -0.3 is 15.1 Å². The number of nitrogens with zero attached hydrogens (tertiary/aromatic N) is 3. The molecule has 2 amide bonds. The fraction of sp³-hybridized carbons (Fsp3) is 0.238. The lowest BCUT2D eigenvalue weighted by Crippen LogP contribution is -2.39. The molecule has 0 saturated carbocycles. The molecule has 140 valence electrons. The third kappa shape index (κ3) is 5.43. The van der Waals surface area contributed by atoms with E-state index in [0.717, 1.165) is 28.9 Å². The Balaban J connectivity index is 1.67. The van der Waals surface area contributed by atoms with Gasteiger partial charge in [-0.15, -0.1) is 0 Å². The van der Waals surface area contributed by atoms with Gasteiger partial charge in [0, 0.05) is 37.1 Å². The van der Waals surface area contributed by atoms with E-state index in [1.807, 2.05) is 79.8 Å². The Morgan fingerprint density at radius 1 is 1.00 bits per heavy atom. The SMILES string of the molecule is CN(C)CCN(Cc1ccccc1)C(=O)Nc1ccc(-c2cn[nH]c2)cc1. The van der Waals surface area contributed by atoms with Crippen LogP contribution in [0.15, 0.2) is 67.0 Å². The molecule has 0 unspecified atom stereocenters. The number of hydrogen-bond donors (Lipinski definition) is 2. The van der Waals surface area contributed by atoms with Crippen molar-refractivity contribution in [3.63, 3.8) is 0 Å². The van der Waals surface area contributed by atoms with Crippen molar-refractivity contribution in [1.82, 2.24) is 20.0 Å².